The van der Waals surface area contributed by atoms with Crippen molar-refractivity contribution in [3.8, 4) is 0 Å². The van der Waals surface area contributed by atoms with Gasteiger partial charge in [-0.15, -0.1) is 5.10 Å². The molecule has 0 atom stereocenters. The van der Waals surface area contributed by atoms with Crippen LogP contribution >= 0.6 is 0 Å². The van der Waals surface area contributed by atoms with E-state index in [0.29, 0.717) is 12.2 Å². The number of carboxylic acids is 1. The molecule has 2 aromatic rings. The Morgan fingerprint density at radius 3 is 2.65 bits per heavy atom. The van der Waals surface area contributed by atoms with Crippen molar-refractivity contribution in [2.24, 2.45) is 5.41 Å². The fraction of sp³-hybridized carbons (Fsp3) is 0.462. The van der Waals surface area contributed by atoms with Crippen molar-refractivity contribution in [3.63, 3.8) is 0 Å². The Morgan fingerprint density at radius 2 is 2.00 bits per heavy atom. The Morgan fingerprint density at radius 1 is 1.30 bits per heavy atom. The summed E-state index contributed by atoms with van der Waals surface area (Å²) in [5, 5.41) is 20.6. The number of tetrazole rings is 1. The van der Waals surface area contributed by atoms with Gasteiger partial charge in [0.15, 0.2) is 5.82 Å². The smallest absolute Gasteiger partial charge is 0.310 e. The number of pyridine rings is 1. The van der Waals surface area contributed by atoms with E-state index in [1.165, 1.54) is 0 Å². The predicted octanol–water partition coefficient (Wildman–Crippen LogP) is 0.964. The molecule has 2 aromatic heterocycles. The lowest BCUT2D eigenvalue weighted by molar-refractivity contribution is -0.147. The molecule has 2 heterocycles. The van der Waals surface area contributed by atoms with Crippen molar-refractivity contribution in [2.45, 2.75) is 33.2 Å². The van der Waals surface area contributed by atoms with E-state index < -0.39 is 11.4 Å². The van der Waals surface area contributed by atoms with Gasteiger partial charge in [-0.1, -0.05) is 0 Å². The molecule has 0 aliphatic rings. The van der Waals surface area contributed by atoms with Gasteiger partial charge in [0.1, 0.15) is 0 Å². The Labute approximate surface area is 116 Å². The quantitative estimate of drug-likeness (QED) is 0.844. The van der Waals surface area contributed by atoms with E-state index in [1.54, 1.807) is 30.9 Å². The maximum Gasteiger partial charge on any atom is 0.310 e. The zero-order valence-corrected chi connectivity index (χ0v) is 11.5. The van der Waals surface area contributed by atoms with Gasteiger partial charge in [0, 0.05) is 18.8 Å². The molecule has 0 saturated carbocycles. The van der Waals surface area contributed by atoms with Crippen LogP contribution in [0.5, 0.6) is 0 Å². The van der Waals surface area contributed by atoms with Gasteiger partial charge in [-0.05, 0) is 48.4 Å². The summed E-state index contributed by atoms with van der Waals surface area (Å²) in [7, 11) is 0. The molecule has 0 spiro atoms. The first-order valence-electron chi connectivity index (χ1n) is 6.36. The Balaban J connectivity index is 2.04. The summed E-state index contributed by atoms with van der Waals surface area (Å²) in [5.41, 5.74) is 0.243. The summed E-state index contributed by atoms with van der Waals surface area (Å²) < 4.78 is 1.56. The molecule has 0 fully saturated rings. The lowest BCUT2D eigenvalue weighted by Gasteiger charge is -2.19. The van der Waals surface area contributed by atoms with Gasteiger partial charge in [0.05, 0.1) is 12.0 Å². The fourth-order valence-corrected chi connectivity index (χ4v) is 1.77. The third kappa shape index (κ3) is 3.37. The van der Waals surface area contributed by atoms with Gasteiger partial charge in [0.2, 0.25) is 0 Å². The largest absolute Gasteiger partial charge is 0.481 e. The van der Waals surface area contributed by atoms with Crippen LogP contribution in [0.2, 0.25) is 0 Å². The van der Waals surface area contributed by atoms with Gasteiger partial charge < -0.3 is 5.11 Å². The van der Waals surface area contributed by atoms with E-state index in [1.807, 2.05) is 12.1 Å². The number of aliphatic carboxylic acids is 1. The van der Waals surface area contributed by atoms with Crippen LogP contribution in [0, 0.1) is 5.41 Å². The van der Waals surface area contributed by atoms with Crippen molar-refractivity contribution < 1.29 is 9.90 Å². The molecule has 7 nitrogen and oxygen atoms in total. The predicted molar refractivity (Wildman–Crippen MR) is 70.9 cm³/mol. The number of hydrogen-bond acceptors (Lipinski definition) is 5. The summed E-state index contributed by atoms with van der Waals surface area (Å²) in [6, 6.07) is 3.88. The second-order valence-corrected chi connectivity index (χ2v) is 5.30. The first-order chi connectivity index (χ1) is 9.49. The molecule has 106 valence electrons. The average Bonchev–Trinajstić information content (AvgIpc) is 2.84. The highest BCUT2D eigenvalue weighted by Gasteiger charge is 2.29. The van der Waals surface area contributed by atoms with Crippen molar-refractivity contribution in [1.29, 1.82) is 0 Å². The van der Waals surface area contributed by atoms with Crippen LogP contribution in [0.15, 0.2) is 24.5 Å². The number of aryl methyl sites for hydroxylation is 2. The molecule has 1 N–H and O–H groups in total. The SMILES string of the molecule is CC(C)(Cn1nnnc1CCc1ccncc1)C(=O)O. The van der Waals surface area contributed by atoms with E-state index in [2.05, 4.69) is 20.5 Å². The average molecular weight is 275 g/mol. The Bertz CT molecular complexity index is 579. The summed E-state index contributed by atoms with van der Waals surface area (Å²) in [4.78, 5) is 15.1. The van der Waals surface area contributed by atoms with Crippen LogP contribution in [0.1, 0.15) is 25.2 Å². The van der Waals surface area contributed by atoms with Gasteiger partial charge in [-0.25, -0.2) is 4.68 Å². The zero-order chi connectivity index (χ0) is 14.6. The number of nitrogens with zero attached hydrogens (tertiary/aromatic N) is 5. The molecule has 0 amide bonds. The Kier molecular flexibility index (Phi) is 4.07. The molecule has 0 aliphatic heterocycles. The summed E-state index contributed by atoms with van der Waals surface area (Å²) in [6.07, 6.45) is 4.93. The number of aromatic nitrogens is 5. The molecule has 20 heavy (non-hydrogen) atoms. The molecule has 0 unspecified atom stereocenters. The Hall–Kier alpha value is -2.31. The number of hydrogen-bond donors (Lipinski definition) is 1. The zero-order valence-electron chi connectivity index (χ0n) is 11.5. The molecular weight excluding hydrogens is 258 g/mol. The molecule has 2 rings (SSSR count). The minimum atomic E-state index is -0.902. The van der Waals surface area contributed by atoms with Crippen LogP contribution in [-0.2, 0) is 24.2 Å². The van der Waals surface area contributed by atoms with Gasteiger partial charge in [-0.3, -0.25) is 9.78 Å². The highest BCUT2D eigenvalue weighted by Crippen LogP contribution is 2.18. The molecule has 0 aliphatic carbocycles. The first kappa shape index (κ1) is 14.1. The number of rotatable bonds is 6. The highest BCUT2D eigenvalue weighted by molar-refractivity contribution is 5.73. The summed E-state index contributed by atoms with van der Waals surface area (Å²) >= 11 is 0. The van der Waals surface area contributed by atoms with Gasteiger partial charge in [0.25, 0.3) is 0 Å². The molecule has 0 bridgehead atoms. The summed E-state index contributed by atoms with van der Waals surface area (Å²) in [5.74, 6) is -0.177. The van der Waals surface area contributed by atoms with E-state index in [9.17, 15) is 4.79 Å². The lowest BCUT2D eigenvalue weighted by Crippen LogP contribution is -2.30. The number of carbonyl (C=O) groups is 1. The van der Waals surface area contributed by atoms with Crippen LogP contribution in [0.25, 0.3) is 0 Å². The maximum atomic E-state index is 11.1. The topological polar surface area (TPSA) is 93.8 Å². The highest BCUT2D eigenvalue weighted by atomic mass is 16.4. The second kappa shape index (κ2) is 5.77. The van der Waals surface area contributed by atoms with Crippen molar-refractivity contribution in [2.75, 3.05) is 0 Å². The van der Waals surface area contributed by atoms with Crippen LogP contribution in [0.3, 0.4) is 0 Å². The minimum absolute atomic E-state index is 0.251. The fourth-order valence-electron chi connectivity index (χ4n) is 1.77. The monoisotopic (exact) mass is 275 g/mol. The van der Waals surface area contributed by atoms with Crippen molar-refractivity contribution in [1.82, 2.24) is 25.2 Å². The van der Waals surface area contributed by atoms with Crippen LogP contribution in [-0.4, -0.2) is 36.3 Å². The van der Waals surface area contributed by atoms with E-state index in [0.717, 1.165) is 12.0 Å². The van der Waals surface area contributed by atoms with Crippen molar-refractivity contribution >= 4 is 5.97 Å². The van der Waals surface area contributed by atoms with E-state index in [4.69, 9.17) is 5.11 Å². The molecule has 0 radical (unpaired) electrons. The number of carboxylic acid groups (broad SMARTS) is 1. The van der Waals surface area contributed by atoms with Gasteiger partial charge in [-0.2, -0.15) is 0 Å². The normalized spacial score (nSPS) is 11.5. The maximum absolute atomic E-state index is 11.1. The molecule has 7 heteroatoms. The third-order valence-electron chi connectivity index (χ3n) is 3.12. The van der Waals surface area contributed by atoms with Gasteiger partial charge >= 0.3 is 5.97 Å². The molecule has 0 saturated heterocycles. The van der Waals surface area contributed by atoms with Crippen LogP contribution < -0.4 is 0 Å². The van der Waals surface area contributed by atoms with Crippen LogP contribution in [0.4, 0.5) is 0 Å². The molecular formula is C13H17N5O2. The van der Waals surface area contributed by atoms with Crippen molar-refractivity contribution in [3.05, 3.63) is 35.9 Å². The lowest BCUT2D eigenvalue weighted by atomic mass is 9.94. The summed E-state index contributed by atoms with van der Waals surface area (Å²) in [6.45, 7) is 3.56. The molecule has 0 aromatic carbocycles. The van der Waals surface area contributed by atoms with E-state index >= 15 is 0 Å². The van der Waals surface area contributed by atoms with E-state index in [-0.39, 0.29) is 6.54 Å². The first-order valence-corrected chi connectivity index (χ1v) is 6.36. The second-order valence-electron chi connectivity index (χ2n) is 5.30. The standard InChI is InChI=1S/C13H17N5O2/c1-13(2,12(19)20)9-18-11(15-16-17-18)4-3-10-5-7-14-8-6-10/h5-8H,3-4,9H2,1-2H3,(H,19,20). The third-order valence-corrected chi connectivity index (χ3v) is 3.12. The minimum Gasteiger partial charge on any atom is -0.481 e.